The number of rotatable bonds is 3. The van der Waals surface area contributed by atoms with Gasteiger partial charge in [-0.05, 0) is 12.8 Å². The predicted molar refractivity (Wildman–Crippen MR) is 40.8 cm³/mol. The normalized spacial score (nSPS) is 11.6. The minimum Gasteiger partial charge on any atom is -0.336 e. The van der Waals surface area contributed by atoms with E-state index in [1.165, 1.54) is 5.70 Å². The summed E-state index contributed by atoms with van der Waals surface area (Å²) in [6.45, 7) is 4.21. The van der Waals surface area contributed by atoms with Gasteiger partial charge in [-0.3, -0.25) is 0 Å². The molecule has 0 saturated heterocycles. The Morgan fingerprint density at radius 3 is 2.38 bits per heavy atom. The summed E-state index contributed by atoms with van der Waals surface area (Å²) in [5, 5.41) is 0. The van der Waals surface area contributed by atoms with Crippen LogP contribution in [0.5, 0.6) is 0 Å². The monoisotopic (exact) mass is 131 g/mol. The van der Waals surface area contributed by atoms with Crippen LogP contribution < -0.4 is 4.72 Å². The molecule has 48 valence electrons. The van der Waals surface area contributed by atoms with Crippen molar-refractivity contribution < 1.29 is 0 Å². The summed E-state index contributed by atoms with van der Waals surface area (Å²) >= 11 is 3.91. The zero-order chi connectivity index (χ0) is 6.41. The van der Waals surface area contributed by atoms with Crippen LogP contribution in [0.3, 0.4) is 0 Å². The van der Waals surface area contributed by atoms with E-state index in [-0.39, 0.29) is 0 Å². The summed E-state index contributed by atoms with van der Waals surface area (Å²) in [6, 6.07) is 0. The van der Waals surface area contributed by atoms with Gasteiger partial charge in [-0.15, -0.1) is 0 Å². The largest absolute Gasteiger partial charge is 0.336 e. The molecule has 2 heteroatoms. The van der Waals surface area contributed by atoms with E-state index in [4.69, 9.17) is 0 Å². The lowest BCUT2D eigenvalue weighted by molar-refractivity contribution is 0.993. The van der Waals surface area contributed by atoms with E-state index >= 15 is 0 Å². The Hall–Kier alpha value is -0.110. The molecule has 0 fully saturated rings. The zero-order valence-electron chi connectivity index (χ0n) is 5.44. The van der Waals surface area contributed by atoms with Gasteiger partial charge in [0, 0.05) is 5.70 Å². The van der Waals surface area contributed by atoms with Gasteiger partial charge < -0.3 is 4.72 Å². The van der Waals surface area contributed by atoms with E-state index in [9.17, 15) is 0 Å². The number of hydrogen-bond acceptors (Lipinski definition) is 2. The SMILES string of the molecule is CC/C=C(\CC)NS. The van der Waals surface area contributed by atoms with E-state index < -0.39 is 0 Å². The summed E-state index contributed by atoms with van der Waals surface area (Å²) in [6.07, 6.45) is 4.25. The van der Waals surface area contributed by atoms with Gasteiger partial charge >= 0.3 is 0 Å². The third-order valence-corrected chi connectivity index (χ3v) is 1.26. The lowest BCUT2D eigenvalue weighted by Crippen LogP contribution is -1.95. The Balaban J connectivity index is 3.49. The van der Waals surface area contributed by atoms with Crippen LogP contribution >= 0.6 is 12.8 Å². The highest BCUT2D eigenvalue weighted by molar-refractivity contribution is 7.78. The van der Waals surface area contributed by atoms with Crippen molar-refractivity contribution in [2.45, 2.75) is 26.7 Å². The van der Waals surface area contributed by atoms with Gasteiger partial charge in [0.2, 0.25) is 0 Å². The Morgan fingerprint density at radius 2 is 2.25 bits per heavy atom. The van der Waals surface area contributed by atoms with Crippen LogP contribution in [0.4, 0.5) is 0 Å². The first-order valence-corrected chi connectivity index (χ1v) is 3.39. The molecule has 0 aliphatic carbocycles. The Labute approximate surface area is 56.7 Å². The number of allylic oxidation sites excluding steroid dienone is 2. The van der Waals surface area contributed by atoms with E-state index in [2.05, 4.69) is 37.5 Å². The quantitative estimate of drug-likeness (QED) is 0.559. The molecular formula is C6H13NS. The molecule has 1 N–H and O–H groups in total. The lowest BCUT2D eigenvalue weighted by atomic mass is 10.3. The van der Waals surface area contributed by atoms with Crippen LogP contribution in [0.15, 0.2) is 11.8 Å². The molecule has 0 saturated carbocycles. The van der Waals surface area contributed by atoms with Crippen LogP contribution in [-0.2, 0) is 0 Å². The highest BCUT2D eigenvalue weighted by Gasteiger charge is 1.83. The topological polar surface area (TPSA) is 12.0 Å². The molecule has 0 bridgehead atoms. The van der Waals surface area contributed by atoms with Crippen molar-refractivity contribution in [3.8, 4) is 0 Å². The van der Waals surface area contributed by atoms with Crippen LogP contribution in [0.1, 0.15) is 26.7 Å². The second-order valence-electron chi connectivity index (χ2n) is 1.60. The van der Waals surface area contributed by atoms with E-state index in [0.29, 0.717) is 0 Å². The number of nitrogens with one attached hydrogen (secondary N) is 1. The van der Waals surface area contributed by atoms with Gasteiger partial charge in [0.1, 0.15) is 0 Å². The van der Waals surface area contributed by atoms with Crippen LogP contribution in [0, 0.1) is 0 Å². The summed E-state index contributed by atoms with van der Waals surface area (Å²) in [7, 11) is 0. The molecule has 0 aliphatic heterocycles. The fourth-order valence-electron chi connectivity index (χ4n) is 0.515. The molecule has 0 heterocycles. The molecule has 0 unspecified atom stereocenters. The Morgan fingerprint density at radius 1 is 1.62 bits per heavy atom. The molecule has 0 aromatic carbocycles. The first kappa shape index (κ1) is 7.89. The minimum atomic E-state index is 1.04. The van der Waals surface area contributed by atoms with Crippen molar-refractivity contribution in [1.82, 2.24) is 4.72 Å². The lowest BCUT2D eigenvalue weighted by Gasteiger charge is -1.98. The van der Waals surface area contributed by atoms with Crippen molar-refractivity contribution in [2.24, 2.45) is 0 Å². The van der Waals surface area contributed by atoms with E-state index in [1.807, 2.05) is 0 Å². The van der Waals surface area contributed by atoms with Gasteiger partial charge in [0.15, 0.2) is 0 Å². The summed E-state index contributed by atoms with van der Waals surface area (Å²) in [4.78, 5) is 0. The average molecular weight is 131 g/mol. The summed E-state index contributed by atoms with van der Waals surface area (Å²) in [5.41, 5.74) is 1.20. The number of hydrogen-bond donors (Lipinski definition) is 2. The molecule has 8 heavy (non-hydrogen) atoms. The zero-order valence-corrected chi connectivity index (χ0v) is 6.33. The molecule has 0 radical (unpaired) electrons. The van der Waals surface area contributed by atoms with E-state index in [0.717, 1.165) is 12.8 Å². The van der Waals surface area contributed by atoms with Gasteiger partial charge in [0.25, 0.3) is 0 Å². The summed E-state index contributed by atoms with van der Waals surface area (Å²) in [5.74, 6) is 0. The van der Waals surface area contributed by atoms with Gasteiger partial charge in [-0.2, -0.15) is 0 Å². The van der Waals surface area contributed by atoms with Gasteiger partial charge in [-0.25, -0.2) is 0 Å². The standard InChI is InChI=1S/C6H13NS/c1-3-5-6(4-2)7-8/h5,7-8H,3-4H2,1-2H3/b6-5+. The Bertz CT molecular complexity index is 72.6. The molecule has 0 amide bonds. The van der Waals surface area contributed by atoms with Crippen molar-refractivity contribution >= 4 is 12.8 Å². The fourth-order valence-corrected chi connectivity index (χ4v) is 0.765. The molecule has 1 nitrogen and oxygen atoms in total. The highest BCUT2D eigenvalue weighted by atomic mass is 32.1. The maximum absolute atomic E-state index is 3.91. The molecule has 0 rings (SSSR count). The number of thiol groups is 1. The maximum Gasteiger partial charge on any atom is 0.0165 e. The van der Waals surface area contributed by atoms with Crippen LogP contribution in [0.25, 0.3) is 0 Å². The van der Waals surface area contributed by atoms with Gasteiger partial charge in [-0.1, -0.05) is 32.7 Å². The second-order valence-corrected chi connectivity index (χ2v) is 1.83. The molecular weight excluding hydrogens is 118 g/mol. The smallest absolute Gasteiger partial charge is 0.0165 e. The molecule has 0 aromatic rings. The van der Waals surface area contributed by atoms with E-state index in [1.54, 1.807) is 0 Å². The molecule has 0 spiro atoms. The van der Waals surface area contributed by atoms with Crippen molar-refractivity contribution in [3.05, 3.63) is 11.8 Å². The molecule has 0 aliphatic rings. The van der Waals surface area contributed by atoms with Crippen molar-refractivity contribution in [3.63, 3.8) is 0 Å². The van der Waals surface area contributed by atoms with Crippen molar-refractivity contribution in [2.75, 3.05) is 0 Å². The van der Waals surface area contributed by atoms with Crippen LogP contribution in [-0.4, -0.2) is 0 Å². The molecule has 0 aromatic heterocycles. The first-order chi connectivity index (χ1) is 3.85. The predicted octanol–water partition coefficient (Wildman–Crippen LogP) is 2.12. The second kappa shape index (κ2) is 5.04. The average Bonchev–Trinajstić information content (AvgIpc) is 1.83. The third-order valence-electron chi connectivity index (χ3n) is 0.975. The van der Waals surface area contributed by atoms with Gasteiger partial charge in [0.05, 0.1) is 0 Å². The minimum absolute atomic E-state index is 1.04. The maximum atomic E-state index is 3.91. The molecule has 0 atom stereocenters. The first-order valence-electron chi connectivity index (χ1n) is 2.94. The van der Waals surface area contributed by atoms with Crippen molar-refractivity contribution in [1.29, 1.82) is 0 Å². The Kier molecular flexibility index (Phi) is 4.97. The highest BCUT2D eigenvalue weighted by Crippen LogP contribution is 1.96. The fraction of sp³-hybridized carbons (Fsp3) is 0.667. The van der Waals surface area contributed by atoms with Crippen LogP contribution in [0.2, 0.25) is 0 Å². The summed E-state index contributed by atoms with van der Waals surface area (Å²) < 4.78 is 2.81. The third kappa shape index (κ3) is 2.97.